The summed E-state index contributed by atoms with van der Waals surface area (Å²) >= 11 is 7.33. The Morgan fingerprint density at radius 2 is 1.97 bits per heavy atom. The molecule has 0 aliphatic carbocycles. The molecule has 2 amide bonds. The van der Waals surface area contributed by atoms with Gasteiger partial charge in [-0.25, -0.2) is 22.9 Å². The van der Waals surface area contributed by atoms with Gasteiger partial charge in [0.05, 0.1) is 7.11 Å². The quantitative estimate of drug-likeness (QED) is 0.396. The lowest BCUT2D eigenvalue weighted by Crippen LogP contribution is -2.36. The molecule has 0 aliphatic heterocycles. The van der Waals surface area contributed by atoms with Crippen molar-refractivity contribution in [2.75, 3.05) is 12.4 Å². The van der Waals surface area contributed by atoms with E-state index in [1.165, 1.54) is 25.3 Å². The van der Waals surface area contributed by atoms with Crippen LogP contribution in [0.15, 0.2) is 29.2 Å². The van der Waals surface area contributed by atoms with Crippen LogP contribution in [-0.2, 0) is 10.0 Å². The number of hydrogen-bond donors (Lipinski definition) is 2. The average Bonchev–Trinajstić information content (AvgIpc) is 2.59. The number of benzene rings is 1. The summed E-state index contributed by atoms with van der Waals surface area (Å²) < 4.78 is 75.1. The molecular weight excluding hydrogens is 568 g/mol. The van der Waals surface area contributed by atoms with E-state index < -0.39 is 39.0 Å². The molecule has 9 nitrogen and oxygen atoms in total. The van der Waals surface area contributed by atoms with E-state index in [2.05, 4.69) is 9.97 Å². The minimum absolute atomic E-state index is 0.00240. The summed E-state index contributed by atoms with van der Waals surface area (Å²) in [4.78, 5) is 18.9. The topological polar surface area (TPSA) is 120 Å². The molecule has 30 heavy (non-hydrogen) atoms. The lowest BCUT2D eigenvalue weighted by molar-refractivity contribution is -0.189. The van der Waals surface area contributed by atoms with Gasteiger partial charge in [0.15, 0.2) is 6.10 Å². The highest BCUT2D eigenvalue weighted by molar-refractivity contribution is 14.1. The fourth-order valence-electron chi connectivity index (χ4n) is 1.96. The molecule has 2 aromatic rings. The second kappa shape index (κ2) is 9.38. The van der Waals surface area contributed by atoms with E-state index in [4.69, 9.17) is 21.1 Å². The van der Waals surface area contributed by atoms with Crippen molar-refractivity contribution in [2.24, 2.45) is 0 Å². The summed E-state index contributed by atoms with van der Waals surface area (Å²) in [6.45, 7) is 0.722. The molecule has 0 bridgehead atoms. The van der Waals surface area contributed by atoms with Crippen LogP contribution in [0.3, 0.4) is 0 Å². The average molecular weight is 581 g/mol. The molecular formula is C15H13ClF3IN4O5S. The first-order valence-corrected chi connectivity index (χ1v) is 10.7. The molecule has 2 N–H and O–H groups in total. The monoisotopic (exact) mass is 580 g/mol. The van der Waals surface area contributed by atoms with Gasteiger partial charge in [0, 0.05) is 9.64 Å². The van der Waals surface area contributed by atoms with Gasteiger partial charge in [-0.1, -0.05) is 17.7 Å². The minimum Gasteiger partial charge on any atom is -0.481 e. The Morgan fingerprint density at radius 3 is 2.57 bits per heavy atom. The molecule has 0 spiro atoms. The number of alkyl halides is 3. The van der Waals surface area contributed by atoms with Crippen molar-refractivity contribution in [2.45, 2.75) is 24.1 Å². The molecule has 0 aliphatic rings. The Balaban J connectivity index is 2.29. The van der Waals surface area contributed by atoms with Crippen LogP contribution in [0.5, 0.6) is 11.6 Å². The maximum atomic E-state index is 12.8. The van der Waals surface area contributed by atoms with Crippen molar-refractivity contribution in [1.82, 2.24) is 14.7 Å². The van der Waals surface area contributed by atoms with Gasteiger partial charge in [-0.3, -0.25) is 5.32 Å². The van der Waals surface area contributed by atoms with E-state index >= 15 is 0 Å². The van der Waals surface area contributed by atoms with E-state index in [0.717, 1.165) is 13.0 Å². The molecule has 164 valence electrons. The third-order valence-electron chi connectivity index (χ3n) is 3.30. The van der Waals surface area contributed by atoms with Crippen LogP contribution in [0.2, 0.25) is 5.15 Å². The normalized spacial score (nSPS) is 12.8. The predicted molar refractivity (Wildman–Crippen MR) is 108 cm³/mol. The zero-order valence-corrected chi connectivity index (χ0v) is 18.9. The number of methoxy groups -OCH3 is 1. The molecule has 15 heteroatoms. The first-order chi connectivity index (χ1) is 13.8. The summed E-state index contributed by atoms with van der Waals surface area (Å²) in [5.74, 6) is -0.938. The van der Waals surface area contributed by atoms with E-state index in [-0.39, 0.29) is 20.6 Å². The van der Waals surface area contributed by atoms with Gasteiger partial charge in [0.1, 0.15) is 15.8 Å². The number of aromatic nitrogens is 2. The second-order valence-corrected chi connectivity index (χ2v) is 8.65. The van der Waals surface area contributed by atoms with Crippen molar-refractivity contribution in [3.63, 3.8) is 0 Å². The smallest absolute Gasteiger partial charge is 0.425 e. The third kappa shape index (κ3) is 6.21. The van der Waals surface area contributed by atoms with Crippen LogP contribution in [0.25, 0.3) is 0 Å². The van der Waals surface area contributed by atoms with Gasteiger partial charge >= 0.3 is 12.2 Å². The van der Waals surface area contributed by atoms with Crippen LogP contribution < -0.4 is 19.5 Å². The van der Waals surface area contributed by atoms with Gasteiger partial charge < -0.3 is 9.47 Å². The minimum atomic E-state index is -4.73. The fourth-order valence-corrected chi connectivity index (χ4v) is 4.58. The molecule has 1 aromatic heterocycles. The number of sulfonamides is 1. The molecule has 0 saturated carbocycles. The number of carbonyl (C=O) groups excluding carboxylic acids is 1. The number of ether oxygens (including phenoxy) is 2. The number of amides is 2. The summed E-state index contributed by atoms with van der Waals surface area (Å²) in [5, 5.41) is 1.96. The van der Waals surface area contributed by atoms with Gasteiger partial charge in [0.2, 0.25) is 11.8 Å². The zero-order valence-electron chi connectivity index (χ0n) is 15.1. The molecule has 1 unspecified atom stereocenters. The second-order valence-electron chi connectivity index (χ2n) is 5.49. The van der Waals surface area contributed by atoms with Crippen LogP contribution in [0.1, 0.15) is 6.92 Å². The standard InChI is InChI=1S/C15H13ClF3IN4O5S/c1-7(15(17,18)19)29-9-5-3-4-8(20)12(9)30(26,27)24-14(25)23-13-21-10(16)6-11(22-13)28-2/h3-7H,1-2H3,(H2,21,22,23,24,25). The first kappa shape index (κ1) is 24.2. The Hall–Kier alpha value is -2.07. The predicted octanol–water partition coefficient (Wildman–Crippen LogP) is 3.58. The molecule has 1 aromatic carbocycles. The van der Waals surface area contributed by atoms with E-state index in [1.54, 1.807) is 27.3 Å². The number of carbonyl (C=O) groups is 1. The van der Waals surface area contributed by atoms with Crippen LogP contribution in [0.4, 0.5) is 23.9 Å². The van der Waals surface area contributed by atoms with E-state index in [1.807, 2.05) is 5.32 Å². The lowest BCUT2D eigenvalue weighted by atomic mass is 10.3. The van der Waals surface area contributed by atoms with Crippen LogP contribution >= 0.6 is 34.2 Å². The molecule has 0 saturated heterocycles. The number of anilines is 1. The Labute approximate surface area is 187 Å². The first-order valence-electron chi connectivity index (χ1n) is 7.77. The molecule has 0 fully saturated rings. The van der Waals surface area contributed by atoms with Gasteiger partial charge in [-0.05, 0) is 41.6 Å². The highest BCUT2D eigenvalue weighted by Crippen LogP contribution is 2.32. The zero-order chi connectivity index (χ0) is 22.7. The fraction of sp³-hybridized carbons (Fsp3) is 0.267. The number of nitrogens with zero attached hydrogens (tertiary/aromatic N) is 2. The number of urea groups is 1. The summed E-state index contributed by atoms with van der Waals surface area (Å²) in [7, 11) is -3.35. The summed E-state index contributed by atoms with van der Waals surface area (Å²) in [5.41, 5.74) is 0. The van der Waals surface area contributed by atoms with Crippen molar-refractivity contribution in [3.05, 3.63) is 33.0 Å². The highest BCUT2D eigenvalue weighted by atomic mass is 127. The Kier molecular flexibility index (Phi) is 7.57. The molecule has 1 heterocycles. The van der Waals surface area contributed by atoms with Crippen molar-refractivity contribution < 1.29 is 35.9 Å². The van der Waals surface area contributed by atoms with Crippen LogP contribution in [-0.4, -0.2) is 43.8 Å². The SMILES string of the molecule is COc1cc(Cl)nc(NC(=O)NS(=O)(=O)c2c(I)cccc2OC(C)C(F)(F)F)n1. The Bertz CT molecular complexity index is 1060. The van der Waals surface area contributed by atoms with Gasteiger partial charge in [-0.2, -0.15) is 18.2 Å². The molecule has 0 radical (unpaired) electrons. The van der Waals surface area contributed by atoms with Crippen LogP contribution in [0, 0.1) is 3.57 Å². The third-order valence-corrected chi connectivity index (χ3v) is 6.17. The van der Waals surface area contributed by atoms with Crippen molar-refractivity contribution in [1.29, 1.82) is 0 Å². The molecule has 1 atom stereocenters. The van der Waals surface area contributed by atoms with Crippen molar-refractivity contribution in [3.8, 4) is 11.6 Å². The highest BCUT2D eigenvalue weighted by Gasteiger charge is 2.39. The maximum Gasteiger partial charge on any atom is 0.425 e. The van der Waals surface area contributed by atoms with Gasteiger partial charge in [0.25, 0.3) is 10.0 Å². The van der Waals surface area contributed by atoms with Gasteiger partial charge in [-0.15, -0.1) is 0 Å². The Morgan fingerprint density at radius 1 is 1.30 bits per heavy atom. The largest absolute Gasteiger partial charge is 0.481 e. The number of hydrogen-bond acceptors (Lipinski definition) is 7. The van der Waals surface area contributed by atoms with E-state index in [0.29, 0.717) is 0 Å². The number of nitrogens with one attached hydrogen (secondary N) is 2. The van der Waals surface area contributed by atoms with E-state index in [9.17, 15) is 26.4 Å². The number of rotatable bonds is 6. The number of halogens is 5. The molecule has 2 rings (SSSR count). The lowest BCUT2D eigenvalue weighted by Gasteiger charge is -2.20. The summed E-state index contributed by atoms with van der Waals surface area (Å²) in [6.07, 6.45) is -7.01. The maximum absolute atomic E-state index is 12.8. The summed E-state index contributed by atoms with van der Waals surface area (Å²) in [6, 6.07) is 3.64. The van der Waals surface area contributed by atoms with Crippen molar-refractivity contribution >= 4 is 56.2 Å².